The number of nitrogens with zero attached hydrogens (tertiary/aromatic N) is 1. The Balaban J connectivity index is 2.85. The third kappa shape index (κ3) is 4.03. The molecule has 0 radical (unpaired) electrons. The Bertz CT molecular complexity index is 498. The quantitative estimate of drug-likeness (QED) is 0.356. The lowest BCUT2D eigenvalue weighted by atomic mass is 9.90. The molecule has 1 rings (SSSR count). The first kappa shape index (κ1) is 13.9. The van der Waals surface area contributed by atoms with E-state index >= 15 is 0 Å². The lowest BCUT2D eigenvalue weighted by Gasteiger charge is -2.05. The average molecular weight is 245 g/mol. The second-order valence-electron chi connectivity index (χ2n) is 3.25. The highest BCUT2D eigenvalue weighted by Gasteiger charge is 2.06. The zero-order chi connectivity index (χ0) is 13.4. The molecule has 92 valence electrons. The summed E-state index contributed by atoms with van der Waals surface area (Å²) in [5.74, 6) is -0.223. The van der Waals surface area contributed by atoms with Crippen molar-refractivity contribution in [3.63, 3.8) is 0 Å². The van der Waals surface area contributed by atoms with Crippen LogP contribution in [0.25, 0.3) is 0 Å². The Labute approximate surface area is 106 Å². The van der Waals surface area contributed by atoms with Gasteiger partial charge in [-0.15, -0.1) is 0 Å². The van der Waals surface area contributed by atoms with Crippen molar-refractivity contribution >= 4 is 12.9 Å². The Morgan fingerprint density at radius 3 is 2.72 bits per heavy atom. The highest BCUT2D eigenvalue weighted by molar-refractivity contribution is 6.45. The van der Waals surface area contributed by atoms with Gasteiger partial charge in [0.2, 0.25) is 11.8 Å². The first-order chi connectivity index (χ1) is 8.71. The Kier molecular flexibility index (Phi) is 5.60. The minimum atomic E-state index is -0.750. The van der Waals surface area contributed by atoms with E-state index in [0.717, 1.165) is 0 Å². The number of aromatic nitrogens is 1. The minimum absolute atomic E-state index is 0.0999. The van der Waals surface area contributed by atoms with Gasteiger partial charge in [-0.25, -0.2) is 0 Å². The summed E-state index contributed by atoms with van der Waals surface area (Å²) < 4.78 is 18.6. The van der Waals surface area contributed by atoms with Crippen molar-refractivity contribution in [2.24, 2.45) is 0 Å². The summed E-state index contributed by atoms with van der Waals surface area (Å²) in [6.45, 7) is 7.11. The lowest BCUT2D eigenvalue weighted by Crippen LogP contribution is -2.19. The molecule has 0 unspecified atom stereocenters. The normalized spacial score (nSPS) is 11.3. The summed E-state index contributed by atoms with van der Waals surface area (Å²) in [5.41, 5.74) is 0.123. The number of allylic oxidation sites excluding steroid dienone is 5. The van der Waals surface area contributed by atoms with Crippen molar-refractivity contribution in [3.05, 3.63) is 67.4 Å². The predicted octanol–water partition coefficient (Wildman–Crippen LogP) is 1.38. The van der Waals surface area contributed by atoms with Gasteiger partial charge in [0.15, 0.2) is 0 Å². The van der Waals surface area contributed by atoms with E-state index in [1.807, 2.05) is 0 Å². The van der Waals surface area contributed by atoms with Crippen LogP contribution in [0.4, 0.5) is 4.39 Å². The van der Waals surface area contributed by atoms with E-state index in [-0.39, 0.29) is 11.3 Å². The van der Waals surface area contributed by atoms with Crippen LogP contribution in [0, 0.1) is 5.95 Å². The van der Waals surface area contributed by atoms with Crippen LogP contribution in [-0.2, 0) is 0 Å². The Morgan fingerprint density at radius 1 is 1.39 bits per heavy atom. The average Bonchev–Trinajstić information content (AvgIpc) is 2.38. The summed E-state index contributed by atoms with van der Waals surface area (Å²) in [5, 5.41) is 8.81. The van der Waals surface area contributed by atoms with Gasteiger partial charge in [0.1, 0.15) is 5.76 Å². The van der Waals surface area contributed by atoms with Crippen molar-refractivity contribution < 1.29 is 14.2 Å². The summed E-state index contributed by atoms with van der Waals surface area (Å²) in [6.07, 6.45) is 8.17. The fraction of sp³-hybridized carbons (Fsp3) is 0. The van der Waals surface area contributed by atoms with Crippen LogP contribution in [0.3, 0.4) is 0 Å². The van der Waals surface area contributed by atoms with Gasteiger partial charge in [0.25, 0.3) is 0 Å². The van der Waals surface area contributed by atoms with E-state index in [2.05, 4.69) is 18.1 Å². The second kappa shape index (κ2) is 7.24. The smallest absolute Gasteiger partial charge is 0.309 e. The number of ether oxygens (including phenoxy) is 1. The van der Waals surface area contributed by atoms with Crippen LogP contribution in [0.15, 0.2) is 61.4 Å². The molecule has 1 aromatic rings. The van der Waals surface area contributed by atoms with Gasteiger partial charge >= 0.3 is 7.48 Å². The first-order valence-electron chi connectivity index (χ1n) is 5.27. The lowest BCUT2D eigenvalue weighted by molar-refractivity contribution is 0.415. The Morgan fingerprint density at radius 2 is 2.17 bits per heavy atom. The van der Waals surface area contributed by atoms with E-state index in [0.29, 0.717) is 5.76 Å². The molecule has 0 aliphatic rings. The molecule has 0 bridgehead atoms. The molecule has 0 fully saturated rings. The molecule has 1 heterocycles. The molecule has 18 heavy (non-hydrogen) atoms. The van der Waals surface area contributed by atoms with Crippen molar-refractivity contribution in [3.8, 4) is 5.88 Å². The SMILES string of the molecule is C=C/C=C\C=C(/C=C)Oc1ccc(BO)c(F)n1. The van der Waals surface area contributed by atoms with Gasteiger partial charge in [0.05, 0.1) is 0 Å². The Hall–Kier alpha value is -2.14. The number of hydrogen-bond donors (Lipinski definition) is 1. The maximum absolute atomic E-state index is 13.3. The third-order valence-electron chi connectivity index (χ3n) is 2.00. The van der Waals surface area contributed by atoms with E-state index in [9.17, 15) is 4.39 Å². The molecule has 5 heteroatoms. The monoisotopic (exact) mass is 245 g/mol. The molecule has 1 aromatic heterocycles. The molecular weight excluding hydrogens is 232 g/mol. The summed E-state index contributed by atoms with van der Waals surface area (Å²) in [4.78, 5) is 3.58. The first-order valence-corrected chi connectivity index (χ1v) is 5.27. The van der Waals surface area contributed by atoms with Gasteiger partial charge in [-0.05, 0) is 12.2 Å². The molecule has 0 saturated carbocycles. The third-order valence-corrected chi connectivity index (χ3v) is 2.00. The molecule has 0 saturated heterocycles. The molecule has 0 atom stereocenters. The highest BCUT2D eigenvalue weighted by atomic mass is 19.1. The zero-order valence-electron chi connectivity index (χ0n) is 9.84. The standard InChI is InChI=1S/C13H13BFNO2/c1-3-5-6-7-10(4-2)18-12-9-8-11(14-17)13(15)16-12/h3-9,14,17H,1-2H2/b6-5-,10-7+. The van der Waals surface area contributed by atoms with Crippen LogP contribution < -0.4 is 10.2 Å². The van der Waals surface area contributed by atoms with Crippen molar-refractivity contribution in [1.29, 1.82) is 0 Å². The molecule has 1 N–H and O–H groups in total. The van der Waals surface area contributed by atoms with Gasteiger partial charge in [-0.2, -0.15) is 9.37 Å². The zero-order valence-corrected chi connectivity index (χ0v) is 9.84. The predicted molar refractivity (Wildman–Crippen MR) is 71.4 cm³/mol. The maximum atomic E-state index is 13.3. The minimum Gasteiger partial charge on any atom is -0.449 e. The summed E-state index contributed by atoms with van der Waals surface area (Å²) >= 11 is 0. The molecule has 0 aliphatic carbocycles. The van der Waals surface area contributed by atoms with E-state index in [1.54, 1.807) is 24.3 Å². The van der Waals surface area contributed by atoms with Crippen LogP contribution in [0.5, 0.6) is 5.88 Å². The summed E-state index contributed by atoms with van der Waals surface area (Å²) in [7, 11) is -0.397. The van der Waals surface area contributed by atoms with Crippen molar-refractivity contribution in [2.75, 3.05) is 0 Å². The van der Waals surface area contributed by atoms with Crippen LogP contribution in [-0.4, -0.2) is 17.5 Å². The number of pyridine rings is 1. The fourth-order valence-electron chi connectivity index (χ4n) is 1.11. The van der Waals surface area contributed by atoms with Gasteiger partial charge in [0, 0.05) is 11.5 Å². The van der Waals surface area contributed by atoms with Crippen LogP contribution in [0.2, 0.25) is 0 Å². The molecular formula is C13H13BFNO2. The van der Waals surface area contributed by atoms with E-state index < -0.39 is 13.4 Å². The second-order valence-corrected chi connectivity index (χ2v) is 3.25. The van der Waals surface area contributed by atoms with Crippen molar-refractivity contribution in [1.82, 2.24) is 4.98 Å². The topological polar surface area (TPSA) is 42.4 Å². The fourth-order valence-corrected chi connectivity index (χ4v) is 1.11. The number of hydrogen-bond acceptors (Lipinski definition) is 3. The van der Waals surface area contributed by atoms with Gasteiger partial charge < -0.3 is 9.76 Å². The molecule has 0 spiro atoms. The van der Waals surface area contributed by atoms with Crippen molar-refractivity contribution in [2.45, 2.75) is 0 Å². The molecule has 3 nitrogen and oxygen atoms in total. The molecule has 0 aliphatic heterocycles. The van der Waals surface area contributed by atoms with E-state index in [1.165, 1.54) is 18.2 Å². The van der Waals surface area contributed by atoms with Gasteiger partial charge in [-0.3, -0.25) is 0 Å². The molecule has 0 amide bonds. The largest absolute Gasteiger partial charge is 0.449 e. The maximum Gasteiger partial charge on any atom is 0.309 e. The van der Waals surface area contributed by atoms with Crippen LogP contribution >= 0.6 is 0 Å². The number of rotatable bonds is 6. The van der Waals surface area contributed by atoms with Gasteiger partial charge in [-0.1, -0.05) is 37.5 Å². The number of halogens is 1. The highest BCUT2D eigenvalue weighted by Crippen LogP contribution is 2.10. The van der Waals surface area contributed by atoms with E-state index in [4.69, 9.17) is 9.76 Å². The van der Waals surface area contributed by atoms with Crippen LogP contribution in [0.1, 0.15) is 0 Å². The molecule has 0 aromatic carbocycles. The summed E-state index contributed by atoms with van der Waals surface area (Å²) in [6, 6.07) is 2.89.